The van der Waals surface area contributed by atoms with E-state index < -0.39 is 5.41 Å². The monoisotopic (exact) mass is 252 g/mol. The Morgan fingerprint density at radius 1 is 1.33 bits per heavy atom. The summed E-state index contributed by atoms with van der Waals surface area (Å²) in [4.78, 5) is 24.8. The minimum absolute atomic E-state index is 0.159. The highest BCUT2D eigenvalue weighted by Gasteiger charge is 2.41. The highest BCUT2D eigenvalue weighted by atomic mass is 16.5. The van der Waals surface area contributed by atoms with Gasteiger partial charge in [-0.15, -0.1) is 0 Å². The zero-order valence-corrected chi connectivity index (χ0v) is 11.1. The van der Waals surface area contributed by atoms with Crippen LogP contribution in [-0.2, 0) is 14.3 Å². The molecule has 1 rings (SSSR count). The molecule has 1 fully saturated rings. The van der Waals surface area contributed by atoms with E-state index in [1.54, 1.807) is 7.05 Å². The van der Waals surface area contributed by atoms with Crippen LogP contribution in [0.25, 0.3) is 0 Å². The molecule has 0 aromatic heterocycles. The number of ether oxygens (including phenoxy) is 1. The molecule has 0 spiro atoms. The fraction of sp³-hybridized carbons (Fsp3) is 0.769. The van der Waals surface area contributed by atoms with Crippen molar-refractivity contribution in [2.24, 2.45) is 5.41 Å². The number of hydrogen-bond donors (Lipinski definition) is 0. The molecule has 0 aromatic carbocycles. The van der Waals surface area contributed by atoms with Gasteiger partial charge in [-0.05, 0) is 12.8 Å². The molecular formula is C13H20N2O3. The average Bonchev–Trinajstić information content (AvgIpc) is 2.44. The topological polar surface area (TPSA) is 70.4 Å². The number of hydrogen-bond acceptors (Lipinski definition) is 4. The first kappa shape index (κ1) is 14.5. The maximum Gasteiger partial charge on any atom is 0.307 e. The lowest BCUT2D eigenvalue weighted by Crippen LogP contribution is -2.43. The molecule has 0 radical (unpaired) electrons. The summed E-state index contributed by atoms with van der Waals surface area (Å²) in [6.07, 6.45) is 4.35. The number of carbonyl (C=O) groups excluding carboxylic acids is 2. The third-order valence-electron chi connectivity index (χ3n) is 3.56. The highest BCUT2D eigenvalue weighted by molar-refractivity contribution is 5.85. The van der Waals surface area contributed by atoms with Gasteiger partial charge in [-0.1, -0.05) is 19.3 Å². The zero-order valence-electron chi connectivity index (χ0n) is 11.1. The number of amides is 1. The van der Waals surface area contributed by atoms with Gasteiger partial charge in [0.05, 0.1) is 19.6 Å². The van der Waals surface area contributed by atoms with Crippen LogP contribution in [0.3, 0.4) is 0 Å². The van der Waals surface area contributed by atoms with Crippen molar-refractivity contribution in [2.45, 2.75) is 38.5 Å². The molecule has 1 aliphatic rings. The van der Waals surface area contributed by atoms with Crippen molar-refractivity contribution < 1.29 is 14.3 Å². The van der Waals surface area contributed by atoms with Gasteiger partial charge >= 0.3 is 5.97 Å². The molecule has 0 aliphatic heterocycles. The molecule has 0 heterocycles. The molecular weight excluding hydrogens is 232 g/mol. The molecule has 0 aromatic rings. The van der Waals surface area contributed by atoms with Crippen LogP contribution in [0.2, 0.25) is 0 Å². The predicted octanol–water partition coefficient (Wildman–Crippen LogP) is 1.48. The second kappa shape index (κ2) is 6.39. The molecule has 0 unspecified atom stereocenters. The minimum atomic E-state index is -0.872. The van der Waals surface area contributed by atoms with Crippen LogP contribution < -0.4 is 0 Å². The molecule has 1 saturated carbocycles. The summed E-state index contributed by atoms with van der Waals surface area (Å²) in [5.74, 6) is -0.502. The molecule has 5 nitrogen and oxygen atoms in total. The molecule has 0 atom stereocenters. The SMILES string of the molecule is COC(=O)CCN(C)C(=O)C1(C#N)CCCCC1. The Hall–Kier alpha value is -1.57. The van der Waals surface area contributed by atoms with Gasteiger partial charge in [0.2, 0.25) is 5.91 Å². The van der Waals surface area contributed by atoms with E-state index in [0.29, 0.717) is 19.4 Å². The Labute approximate surface area is 108 Å². The molecule has 0 N–H and O–H groups in total. The van der Waals surface area contributed by atoms with Gasteiger partial charge in [-0.2, -0.15) is 5.26 Å². The third-order valence-corrected chi connectivity index (χ3v) is 3.56. The number of methoxy groups -OCH3 is 1. The maximum absolute atomic E-state index is 12.3. The second-order valence-corrected chi connectivity index (χ2v) is 4.81. The number of nitriles is 1. The number of nitrogens with zero attached hydrogens (tertiary/aromatic N) is 2. The number of esters is 1. The van der Waals surface area contributed by atoms with Crippen molar-refractivity contribution in [2.75, 3.05) is 20.7 Å². The molecule has 18 heavy (non-hydrogen) atoms. The fourth-order valence-electron chi connectivity index (χ4n) is 2.36. The highest BCUT2D eigenvalue weighted by Crippen LogP contribution is 2.37. The molecule has 5 heteroatoms. The number of rotatable bonds is 4. The predicted molar refractivity (Wildman–Crippen MR) is 65.4 cm³/mol. The first-order chi connectivity index (χ1) is 8.55. The van der Waals surface area contributed by atoms with Gasteiger partial charge in [0.25, 0.3) is 0 Å². The van der Waals surface area contributed by atoms with Gasteiger partial charge in [0, 0.05) is 13.6 Å². The first-order valence-electron chi connectivity index (χ1n) is 6.29. The fourth-order valence-corrected chi connectivity index (χ4v) is 2.36. The van der Waals surface area contributed by atoms with Crippen LogP contribution >= 0.6 is 0 Å². The summed E-state index contributed by atoms with van der Waals surface area (Å²) >= 11 is 0. The van der Waals surface area contributed by atoms with Crippen LogP contribution in [0.5, 0.6) is 0 Å². The lowest BCUT2D eigenvalue weighted by molar-refractivity contribution is -0.143. The van der Waals surface area contributed by atoms with E-state index in [0.717, 1.165) is 19.3 Å². The van der Waals surface area contributed by atoms with E-state index in [-0.39, 0.29) is 18.3 Å². The first-order valence-corrected chi connectivity index (χ1v) is 6.29. The van der Waals surface area contributed by atoms with Crippen molar-refractivity contribution in [1.82, 2.24) is 4.90 Å². The largest absolute Gasteiger partial charge is 0.469 e. The third kappa shape index (κ3) is 3.22. The van der Waals surface area contributed by atoms with Crippen LogP contribution in [0.15, 0.2) is 0 Å². The van der Waals surface area contributed by atoms with Crippen molar-refractivity contribution in [3.05, 3.63) is 0 Å². The Morgan fingerprint density at radius 2 is 1.94 bits per heavy atom. The van der Waals surface area contributed by atoms with Gasteiger partial charge in [0.15, 0.2) is 0 Å². The average molecular weight is 252 g/mol. The molecule has 0 bridgehead atoms. The van der Waals surface area contributed by atoms with E-state index in [9.17, 15) is 14.9 Å². The normalized spacial score (nSPS) is 17.6. The van der Waals surface area contributed by atoms with Gasteiger partial charge in [0.1, 0.15) is 5.41 Å². The van der Waals surface area contributed by atoms with E-state index in [1.807, 2.05) is 0 Å². The smallest absolute Gasteiger partial charge is 0.307 e. The van der Waals surface area contributed by atoms with Crippen molar-refractivity contribution >= 4 is 11.9 Å². The molecule has 1 aliphatic carbocycles. The van der Waals surface area contributed by atoms with E-state index in [1.165, 1.54) is 12.0 Å². The van der Waals surface area contributed by atoms with E-state index in [4.69, 9.17) is 0 Å². The minimum Gasteiger partial charge on any atom is -0.469 e. The second-order valence-electron chi connectivity index (χ2n) is 4.81. The van der Waals surface area contributed by atoms with Crippen molar-refractivity contribution in [1.29, 1.82) is 5.26 Å². The molecule has 1 amide bonds. The summed E-state index contributed by atoms with van der Waals surface area (Å²) < 4.78 is 4.54. The van der Waals surface area contributed by atoms with Crippen LogP contribution in [0, 0.1) is 16.7 Å². The van der Waals surface area contributed by atoms with Crippen LogP contribution in [-0.4, -0.2) is 37.5 Å². The Kier molecular flexibility index (Phi) is 5.14. The molecule has 0 saturated heterocycles. The Morgan fingerprint density at radius 3 is 2.44 bits per heavy atom. The summed E-state index contributed by atoms with van der Waals surface area (Å²) in [6.45, 7) is 0.301. The Balaban J connectivity index is 2.61. The van der Waals surface area contributed by atoms with Gasteiger partial charge in [-0.25, -0.2) is 0 Å². The summed E-state index contributed by atoms with van der Waals surface area (Å²) in [6, 6.07) is 2.19. The standard InChI is InChI=1S/C13H20N2O3/c1-15(9-6-11(16)18-2)12(17)13(10-14)7-4-3-5-8-13/h3-9H2,1-2H3. The van der Waals surface area contributed by atoms with Crippen LogP contribution in [0.1, 0.15) is 38.5 Å². The molecule has 100 valence electrons. The van der Waals surface area contributed by atoms with Gasteiger partial charge in [-0.3, -0.25) is 9.59 Å². The summed E-state index contributed by atoms with van der Waals surface area (Å²) in [5.41, 5.74) is -0.872. The Bertz CT molecular complexity index is 354. The summed E-state index contributed by atoms with van der Waals surface area (Å²) in [5, 5.41) is 9.30. The maximum atomic E-state index is 12.3. The quantitative estimate of drug-likeness (QED) is 0.711. The van der Waals surface area contributed by atoms with Crippen LogP contribution in [0.4, 0.5) is 0 Å². The van der Waals surface area contributed by atoms with E-state index in [2.05, 4.69) is 10.8 Å². The number of carbonyl (C=O) groups is 2. The van der Waals surface area contributed by atoms with Crippen molar-refractivity contribution in [3.8, 4) is 6.07 Å². The lowest BCUT2D eigenvalue weighted by Gasteiger charge is -2.32. The van der Waals surface area contributed by atoms with E-state index >= 15 is 0 Å². The summed E-state index contributed by atoms with van der Waals surface area (Å²) in [7, 11) is 2.96. The van der Waals surface area contributed by atoms with Crippen molar-refractivity contribution in [3.63, 3.8) is 0 Å². The zero-order chi connectivity index (χ0) is 13.6. The lowest BCUT2D eigenvalue weighted by atomic mass is 9.74. The van der Waals surface area contributed by atoms with Gasteiger partial charge < -0.3 is 9.64 Å².